The summed E-state index contributed by atoms with van der Waals surface area (Å²) in [5, 5.41) is 1.33. The number of ether oxygens (including phenoxy) is 1. The monoisotopic (exact) mass is 340 g/mol. The SMILES string of the molecule is O=C(COC1CCCCC1)N1CCC(c2c[nH]c3ccccc23)CC1. The molecule has 0 radical (unpaired) electrons. The third-order valence-corrected chi connectivity index (χ3v) is 5.90. The number of hydrogen-bond acceptors (Lipinski definition) is 2. The van der Waals surface area contributed by atoms with Gasteiger partial charge in [-0.15, -0.1) is 0 Å². The predicted octanol–water partition coefficient (Wildman–Crippen LogP) is 4.22. The fourth-order valence-corrected chi connectivity index (χ4v) is 4.38. The van der Waals surface area contributed by atoms with Gasteiger partial charge in [0.05, 0.1) is 6.10 Å². The molecule has 1 aliphatic heterocycles. The van der Waals surface area contributed by atoms with E-state index in [9.17, 15) is 4.79 Å². The summed E-state index contributed by atoms with van der Waals surface area (Å²) < 4.78 is 5.86. The summed E-state index contributed by atoms with van der Waals surface area (Å²) >= 11 is 0. The highest BCUT2D eigenvalue weighted by molar-refractivity contribution is 5.83. The number of piperidine rings is 1. The van der Waals surface area contributed by atoms with Crippen molar-refractivity contribution in [1.82, 2.24) is 9.88 Å². The lowest BCUT2D eigenvalue weighted by atomic mass is 9.89. The number of aromatic nitrogens is 1. The van der Waals surface area contributed by atoms with Gasteiger partial charge in [-0.05, 0) is 43.2 Å². The highest BCUT2D eigenvalue weighted by atomic mass is 16.5. The van der Waals surface area contributed by atoms with E-state index in [4.69, 9.17) is 4.74 Å². The van der Waals surface area contributed by atoms with Crippen LogP contribution in [0.4, 0.5) is 0 Å². The minimum Gasteiger partial charge on any atom is -0.368 e. The molecule has 1 aromatic heterocycles. The van der Waals surface area contributed by atoms with Gasteiger partial charge in [-0.2, -0.15) is 0 Å². The minimum atomic E-state index is 0.169. The van der Waals surface area contributed by atoms with Gasteiger partial charge < -0.3 is 14.6 Å². The molecule has 4 rings (SSSR count). The fourth-order valence-electron chi connectivity index (χ4n) is 4.38. The molecule has 0 bridgehead atoms. The number of likely N-dealkylation sites (tertiary alicyclic amines) is 1. The van der Waals surface area contributed by atoms with E-state index in [-0.39, 0.29) is 12.5 Å². The van der Waals surface area contributed by atoms with E-state index in [0.717, 1.165) is 38.8 Å². The largest absolute Gasteiger partial charge is 0.368 e. The first-order chi connectivity index (χ1) is 12.3. The molecule has 1 saturated carbocycles. The zero-order valence-corrected chi connectivity index (χ0v) is 14.9. The second kappa shape index (κ2) is 7.61. The molecule has 4 nitrogen and oxygen atoms in total. The van der Waals surface area contributed by atoms with Crippen molar-refractivity contribution in [1.29, 1.82) is 0 Å². The molecule has 1 aliphatic carbocycles. The average Bonchev–Trinajstić information content (AvgIpc) is 3.11. The van der Waals surface area contributed by atoms with Crippen molar-refractivity contribution in [3.63, 3.8) is 0 Å². The molecule has 2 aliphatic rings. The van der Waals surface area contributed by atoms with Gasteiger partial charge in [-0.25, -0.2) is 0 Å². The van der Waals surface area contributed by atoms with Crippen LogP contribution < -0.4 is 0 Å². The van der Waals surface area contributed by atoms with Gasteiger partial charge in [-0.3, -0.25) is 4.79 Å². The van der Waals surface area contributed by atoms with Crippen molar-refractivity contribution >= 4 is 16.8 Å². The summed E-state index contributed by atoms with van der Waals surface area (Å²) in [7, 11) is 0. The van der Waals surface area contributed by atoms with Crippen LogP contribution in [0.5, 0.6) is 0 Å². The van der Waals surface area contributed by atoms with Crippen molar-refractivity contribution in [2.75, 3.05) is 19.7 Å². The van der Waals surface area contributed by atoms with E-state index in [0.29, 0.717) is 12.0 Å². The number of para-hydroxylation sites is 1. The molecule has 134 valence electrons. The van der Waals surface area contributed by atoms with Gasteiger partial charge >= 0.3 is 0 Å². The van der Waals surface area contributed by atoms with Gasteiger partial charge in [0.25, 0.3) is 0 Å². The van der Waals surface area contributed by atoms with Crippen LogP contribution in [-0.2, 0) is 9.53 Å². The van der Waals surface area contributed by atoms with E-state index in [1.54, 1.807) is 0 Å². The van der Waals surface area contributed by atoms with Crippen LogP contribution in [0.1, 0.15) is 56.4 Å². The number of aromatic amines is 1. The Hall–Kier alpha value is -1.81. The number of nitrogens with one attached hydrogen (secondary N) is 1. The Kier molecular flexibility index (Phi) is 5.07. The van der Waals surface area contributed by atoms with Crippen LogP contribution in [0.3, 0.4) is 0 Å². The second-order valence-electron chi connectivity index (χ2n) is 7.52. The molecule has 2 heterocycles. The molecule has 25 heavy (non-hydrogen) atoms. The molecule has 1 saturated heterocycles. The number of nitrogens with zero attached hydrogens (tertiary/aromatic N) is 1. The first-order valence-corrected chi connectivity index (χ1v) is 9.76. The maximum atomic E-state index is 12.4. The Morgan fingerprint density at radius 1 is 1.08 bits per heavy atom. The Labute approximate surface area is 149 Å². The number of hydrogen-bond donors (Lipinski definition) is 1. The Balaban J connectivity index is 1.29. The quantitative estimate of drug-likeness (QED) is 0.905. The number of carbonyl (C=O) groups is 1. The lowest BCUT2D eigenvalue weighted by Crippen LogP contribution is -2.40. The third-order valence-electron chi connectivity index (χ3n) is 5.90. The normalized spacial score (nSPS) is 20.2. The average molecular weight is 340 g/mol. The zero-order valence-electron chi connectivity index (χ0n) is 14.9. The number of carbonyl (C=O) groups excluding carboxylic acids is 1. The Morgan fingerprint density at radius 3 is 2.64 bits per heavy atom. The summed E-state index contributed by atoms with van der Waals surface area (Å²) in [6.07, 6.45) is 10.6. The summed E-state index contributed by atoms with van der Waals surface area (Å²) in [5.41, 5.74) is 2.61. The predicted molar refractivity (Wildman–Crippen MR) is 99.7 cm³/mol. The summed E-state index contributed by atoms with van der Waals surface area (Å²) in [6, 6.07) is 8.48. The summed E-state index contributed by atoms with van der Waals surface area (Å²) in [4.78, 5) is 17.8. The van der Waals surface area contributed by atoms with Crippen molar-refractivity contribution < 1.29 is 9.53 Å². The molecule has 2 fully saturated rings. The van der Waals surface area contributed by atoms with Gasteiger partial charge in [0.2, 0.25) is 5.91 Å². The Morgan fingerprint density at radius 2 is 1.84 bits per heavy atom. The molecule has 0 atom stereocenters. The molecule has 0 spiro atoms. The lowest BCUT2D eigenvalue weighted by molar-refractivity contribution is -0.139. The van der Waals surface area contributed by atoms with Crippen LogP contribution in [0.2, 0.25) is 0 Å². The number of rotatable bonds is 4. The summed E-state index contributed by atoms with van der Waals surface area (Å²) in [5.74, 6) is 0.711. The molecular formula is C21H28N2O2. The third kappa shape index (κ3) is 3.74. The first-order valence-electron chi connectivity index (χ1n) is 9.76. The van der Waals surface area contributed by atoms with Gasteiger partial charge in [0.1, 0.15) is 6.61 Å². The maximum absolute atomic E-state index is 12.4. The summed E-state index contributed by atoms with van der Waals surface area (Å²) in [6.45, 7) is 1.95. The fraction of sp³-hybridized carbons (Fsp3) is 0.571. The van der Waals surface area contributed by atoms with Crippen LogP contribution >= 0.6 is 0 Å². The van der Waals surface area contributed by atoms with Crippen molar-refractivity contribution in [3.05, 3.63) is 36.0 Å². The standard InChI is InChI=1S/C21H28N2O2/c24-21(15-25-17-6-2-1-3-7-17)23-12-10-16(11-13-23)19-14-22-20-9-5-4-8-18(19)20/h4-5,8-9,14,16-17,22H,1-3,6-7,10-13,15H2. The van der Waals surface area contributed by atoms with Crippen LogP contribution in [0.15, 0.2) is 30.5 Å². The van der Waals surface area contributed by atoms with E-state index < -0.39 is 0 Å². The number of H-pyrrole nitrogens is 1. The molecule has 1 N–H and O–H groups in total. The smallest absolute Gasteiger partial charge is 0.248 e. The second-order valence-corrected chi connectivity index (χ2v) is 7.52. The lowest BCUT2D eigenvalue weighted by Gasteiger charge is -2.32. The number of amides is 1. The highest BCUT2D eigenvalue weighted by Crippen LogP contribution is 2.33. The van der Waals surface area contributed by atoms with Crippen molar-refractivity contribution in [2.24, 2.45) is 0 Å². The zero-order chi connectivity index (χ0) is 17.1. The molecule has 0 unspecified atom stereocenters. The van der Waals surface area contributed by atoms with E-state index in [1.807, 2.05) is 4.90 Å². The van der Waals surface area contributed by atoms with E-state index in [2.05, 4.69) is 35.4 Å². The molecular weight excluding hydrogens is 312 g/mol. The van der Waals surface area contributed by atoms with Crippen molar-refractivity contribution in [2.45, 2.75) is 57.0 Å². The van der Waals surface area contributed by atoms with E-state index in [1.165, 1.54) is 35.7 Å². The van der Waals surface area contributed by atoms with E-state index >= 15 is 0 Å². The number of fused-ring (bicyclic) bond motifs is 1. The van der Waals surface area contributed by atoms with Gasteiger partial charge in [0, 0.05) is 30.2 Å². The van der Waals surface area contributed by atoms with Gasteiger partial charge in [0.15, 0.2) is 0 Å². The first kappa shape index (κ1) is 16.6. The molecule has 4 heteroatoms. The van der Waals surface area contributed by atoms with Crippen molar-refractivity contribution in [3.8, 4) is 0 Å². The Bertz CT molecular complexity index is 710. The highest BCUT2D eigenvalue weighted by Gasteiger charge is 2.26. The van der Waals surface area contributed by atoms with Crippen LogP contribution in [0, 0.1) is 0 Å². The minimum absolute atomic E-state index is 0.169. The molecule has 1 aromatic carbocycles. The van der Waals surface area contributed by atoms with Crippen LogP contribution in [0.25, 0.3) is 10.9 Å². The maximum Gasteiger partial charge on any atom is 0.248 e. The topological polar surface area (TPSA) is 45.3 Å². The molecule has 2 aromatic rings. The number of benzene rings is 1. The molecule has 1 amide bonds. The van der Waals surface area contributed by atoms with Crippen LogP contribution in [-0.4, -0.2) is 41.6 Å². The van der Waals surface area contributed by atoms with Gasteiger partial charge in [-0.1, -0.05) is 37.5 Å².